The van der Waals surface area contributed by atoms with Crippen LogP contribution in [0.2, 0.25) is 0 Å². The van der Waals surface area contributed by atoms with Crippen LogP contribution in [0.25, 0.3) is 4.91 Å². The summed E-state index contributed by atoms with van der Waals surface area (Å²) >= 11 is 0. The quantitative estimate of drug-likeness (QED) is 0.736. The number of benzene rings is 2. The van der Waals surface area contributed by atoms with E-state index >= 15 is 0 Å². The minimum atomic E-state index is -3.72. The van der Waals surface area contributed by atoms with Gasteiger partial charge in [0.25, 0.3) is 10.0 Å². The Kier molecular flexibility index (Phi) is 6.23. The first kappa shape index (κ1) is 21.3. The summed E-state index contributed by atoms with van der Waals surface area (Å²) in [7, 11) is -3.72. The lowest BCUT2D eigenvalue weighted by molar-refractivity contribution is -0.131. The van der Waals surface area contributed by atoms with Gasteiger partial charge in [-0.1, -0.05) is 60.7 Å². The van der Waals surface area contributed by atoms with E-state index < -0.39 is 10.0 Å². The van der Waals surface area contributed by atoms with Gasteiger partial charge in [0.05, 0.1) is 0 Å². The summed E-state index contributed by atoms with van der Waals surface area (Å²) in [6.07, 6.45) is 1.99. The molecule has 2 heterocycles. The molecule has 0 N–H and O–H groups in total. The van der Waals surface area contributed by atoms with Gasteiger partial charge in [-0.15, -0.1) is 4.40 Å². The first-order chi connectivity index (χ1) is 15.0. The molecule has 7 heteroatoms. The van der Waals surface area contributed by atoms with Gasteiger partial charge in [-0.2, -0.15) is 8.42 Å². The van der Waals surface area contributed by atoms with E-state index in [1.807, 2.05) is 65.3 Å². The molecule has 0 bridgehead atoms. The lowest BCUT2D eigenvalue weighted by atomic mass is 10.1. The SMILES string of the molecule is CC1=C(c2ccccc2)S(=O)(=O)N=C1N1CCCN(C(=O)CCc2ccccc2)CC1. The number of amides is 1. The standard InChI is InChI=1S/C24H27N3O3S/c1-19-23(21-11-6-3-7-12-21)31(29,30)25-24(19)27-16-8-15-26(17-18-27)22(28)14-13-20-9-4-2-5-10-20/h2-7,9-12H,8,13-18H2,1H3. The number of aryl methyl sites for hydroxylation is 1. The Hall–Kier alpha value is -2.93. The van der Waals surface area contributed by atoms with E-state index in [0.717, 1.165) is 18.4 Å². The second-order valence-electron chi connectivity index (χ2n) is 7.92. The highest BCUT2D eigenvalue weighted by Gasteiger charge is 2.34. The van der Waals surface area contributed by atoms with E-state index in [9.17, 15) is 13.2 Å². The first-order valence-corrected chi connectivity index (χ1v) is 12.1. The molecule has 0 radical (unpaired) electrons. The number of hydrogen-bond donors (Lipinski definition) is 0. The third kappa shape index (κ3) is 4.71. The minimum absolute atomic E-state index is 0.143. The number of amidine groups is 1. The molecule has 162 valence electrons. The minimum Gasteiger partial charge on any atom is -0.354 e. The van der Waals surface area contributed by atoms with E-state index in [2.05, 4.69) is 4.40 Å². The van der Waals surface area contributed by atoms with Gasteiger partial charge in [-0.05, 0) is 30.9 Å². The first-order valence-electron chi connectivity index (χ1n) is 10.6. The van der Waals surface area contributed by atoms with Crippen LogP contribution in [0.5, 0.6) is 0 Å². The fourth-order valence-corrected chi connectivity index (χ4v) is 5.69. The van der Waals surface area contributed by atoms with Crippen molar-refractivity contribution in [2.45, 2.75) is 26.2 Å². The topological polar surface area (TPSA) is 70.1 Å². The Morgan fingerprint density at radius 3 is 2.32 bits per heavy atom. The van der Waals surface area contributed by atoms with Crippen molar-refractivity contribution < 1.29 is 13.2 Å². The van der Waals surface area contributed by atoms with E-state index in [1.54, 1.807) is 12.1 Å². The van der Waals surface area contributed by atoms with Crippen molar-refractivity contribution in [1.82, 2.24) is 9.80 Å². The normalized spacial score (nSPS) is 18.7. The highest BCUT2D eigenvalue weighted by atomic mass is 32.2. The predicted octanol–water partition coefficient (Wildman–Crippen LogP) is 3.33. The van der Waals surface area contributed by atoms with Crippen molar-refractivity contribution in [3.05, 3.63) is 77.4 Å². The smallest absolute Gasteiger partial charge is 0.285 e. The monoisotopic (exact) mass is 437 g/mol. The number of rotatable bonds is 4. The van der Waals surface area contributed by atoms with Crippen LogP contribution in [0.1, 0.15) is 30.9 Å². The summed E-state index contributed by atoms with van der Waals surface area (Å²) < 4.78 is 29.6. The second kappa shape index (κ2) is 9.06. The lowest BCUT2D eigenvalue weighted by Crippen LogP contribution is -2.37. The zero-order valence-corrected chi connectivity index (χ0v) is 18.5. The average molecular weight is 438 g/mol. The number of carbonyl (C=O) groups is 1. The van der Waals surface area contributed by atoms with Crippen LogP contribution in [0.15, 0.2) is 70.6 Å². The van der Waals surface area contributed by atoms with Gasteiger partial charge in [0, 0.05) is 38.2 Å². The third-order valence-corrected chi connectivity index (χ3v) is 7.27. The van der Waals surface area contributed by atoms with Crippen LogP contribution in [-0.4, -0.2) is 56.1 Å². The van der Waals surface area contributed by atoms with E-state index in [4.69, 9.17) is 0 Å². The maximum absolute atomic E-state index is 12.8. The maximum atomic E-state index is 12.8. The molecule has 1 amide bonds. The molecule has 1 saturated heterocycles. The van der Waals surface area contributed by atoms with Crippen molar-refractivity contribution in [1.29, 1.82) is 0 Å². The molecule has 2 aliphatic rings. The molecule has 0 atom stereocenters. The van der Waals surface area contributed by atoms with E-state index in [-0.39, 0.29) is 10.8 Å². The molecule has 4 rings (SSSR count). The van der Waals surface area contributed by atoms with Crippen molar-refractivity contribution in [2.75, 3.05) is 26.2 Å². The molecule has 6 nitrogen and oxygen atoms in total. The summed E-state index contributed by atoms with van der Waals surface area (Å²) in [4.78, 5) is 16.9. The lowest BCUT2D eigenvalue weighted by Gasteiger charge is -2.24. The summed E-state index contributed by atoms with van der Waals surface area (Å²) in [5.41, 5.74) is 2.49. The summed E-state index contributed by atoms with van der Waals surface area (Å²) in [5, 5.41) is 0. The van der Waals surface area contributed by atoms with Gasteiger partial charge in [-0.25, -0.2) is 0 Å². The molecule has 0 aromatic heterocycles. The number of hydrogen-bond acceptors (Lipinski definition) is 4. The van der Waals surface area contributed by atoms with Crippen LogP contribution < -0.4 is 0 Å². The van der Waals surface area contributed by atoms with Crippen LogP contribution in [0.4, 0.5) is 0 Å². The number of carbonyl (C=O) groups excluding carboxylic acids is 1. The Balaban J connectivity index is 1.44. The molecule has 31 heavy (non-hydrogen) atoms. The van der Waals surface area contributed by atoms with Gasteiger partial charge in [-0.3, -0.25) is 4.79 Å². The molecule has 0 saturated carbocycles. The molecular formula is C24H27N3O3S. The van der Waals surface area contributed by atoms with Crippen LogP contribution in [0.3, 0.4) is 0 Å². The van der Waals surface area contributed by atoms with E-state index in [0.29, 0.717) is 49.6 Å². The highest BCUT2D eigenvalue weighted by Crippen LogP contribution is 2.33. The van der Waals surface area contributed by atoms with Gasteiger partial charge >= 0.3 is 0 Å². The molecule has 0 spiro atoms. The number of nitrogens with zero attached hydrogens (tertiary/aromatic N) is 3. The summed E-state index contributed by atoms with van der Waals surface area (Å²) in [5.74, 6) is 0.654. The third-order valence-electron chi connectivity index (χ3n) is 5.80. The predicted molar refractivity (Wildman–Crippen MR) is 123 cm³/mol. The van der Waals surface area contributed by atoms with Crippen molar-refractivity contribution >= 4 is 26.7 Å². The Bertz CT molecular complexity index is 1110. The molecule has 2 aromatic carbocycles. The summed E-state index contributed by atoms with van der Waals surface area (Å²) in [6, 6.07) is 19.1. The van der Waals surface area contributed by atoms with E-state index in [1.165, 1.54) is 0 Å². The molecule has 2 aromatic rings. The van der Waals surface area contributed by atoms with Crippen LogP contribution in [-0.2, 0) is 21.2 Å². The second-order valence-corrected chi connectivity index (χ2v) is 9.46. The molecule has 1 fully saturated rings. The fraction of sp³-hybridized carbons (Fsp3) is 0.333. The van der Waals surface area contributed by atoms with Crippen LogP contribution in [0, 0.1) is 0 Å². The molecular weight excluding hydrogens is 410 g/mol. The van der Waals surface area contributed by atoms with Crippen LogP contribution >= 0.6 is 0 Å². The Morgan fingerprint density at radius 1 is 0.935 bits per heavy atom. The Morgan fingerprint density at radius 2 is 1.61 bits per heavy atom. The maximum Gasteiger partial charge on any atom is 0.285 e. The van der Waals surface area contributed by atoms with Gasteiger partial charge in [0.2, 0.25) is 5.91 Å². The van der Waals surface area contributed by atoms with Crippen molar-refractivity contribution in [3.8, 4) is 0 Å². The number of sulfonamides is 1. The molecule has 2 aliphatic heterocycles. The molecule has 0 unspecified atom stereocenters. The van der Waals surface area contributed by atoms with Crippen molar-refractivity contribution in [3.63, 3.8) is 0 Å². The van der Waals surface area contributed by atoms with Gasteiger partial charge in [0.15, 0.2) is 0 Å². The Labute approximate surface area is 184 Å². The zero-order valence-electron chi connectivity index (χ0n) is 17.7. The van der Waals surface area contributed by atoms with Gasteiger partial charge < -0.3 is 9.80 Å². The fourth-order valence-electron chi connectivity index (χ4n) is 4.21. The van der Waals surface area contributed by atoms with Crippen molar-refractivity contribution in [2.24, 2.45) is 4.40 Å². The summed E-state index contributed by atoms with van der Waals surface area (Å²) in [6.45, 7) is 4.32. The highest BCUT2D eigenvalue weighted by molar-refractivity contribution is 8.00. The van der Waals surface area contributed by atoms with Gasteiger partial charge in [0.1, 0.15) is 10.7 Å². The molecule has 0 aliphatic carbocycles. The average Bonchev–Trinajstić information content (AvgIpc) is 2.92. The largest absolute Gasteiger partial charge is 0.354 e. The zero-order chi connectivity index (χ0) is 21.8.